The molecule has 0 aliphatic carbocycles. The van der Waals surface area contributed by atoms with Crippen molar-refractivity contribution in [3.8, 4) is 5.69 Å². The van der Waals surface area contributed by atoms with E-state index in [0.29, 0.717) is 6.54 Å². The van der Waals surface area contributed by atoms with Crippen molar-refractivity contribution >= 4 is 11.6 Å². The Morgan fingerprint density at radius 2 is 2.24 bits per heavy atom. The molecule has 4 heteroatoms. The van der Waals surface area contributed by atoms with Gasteiger partial charge in [0.25, 0.3) is 0 Å². The predicted molar refractivity (Wildman–Crippen MR) is 70.7 cm³/mol. The Morgan fingerprint density at radius 3 is 2.94 bits per heavy atom. The van der Waals surface area contributed by atoms with E-state index in [-0.39, 0.29) is 0 Å². The van der Waals surface area contributed by atoms with Crippen LogP contribution < -0.4 is 5.73 Å². The molecule has 1 aromatic carbocycles. The fraction of sp³-hybridized carbons (Fsp3) is 0.308. The number of aromatic nitrogens is 2. The molecular formula is C13H16ClN3. The summed E-state index contributed by atoms with van der Waals surface area (Å²) < 4.78 is 1.91. The lowest BCUT2D eigenvalue weighted by Crippen LogP contribution is -2.02. The Bertz CT molecular complexity index is 505. The van der Waals surface area contributed by atoms with Crippen LogP contribution in [0.4, 0.5) is 0 Å². The van der Waals surface area contributed by atoms with Crippen molar-refractivity contribution in [2.75, 3.05) is 6.54 Å². The molecule has 0 aliphatic heterocycles. The molecule has 90 valence electrons. The lowest BCUT2D eigenvalue weighted by Gasteiger charge is -2.05. The van der Waals surface area contributed by atoms with Crippen molar-refractivity contribution in [3.63, 3.8) is 0 Å². The molecule has 0 saturated heterocycles. The summed E-state index contributed by atoms with van der Waals surface area (Å²) in [6.45, 7) is 2.78. The summed E-state index contributed by atoms with van der Waals surface area (Å²) in [6.07, 6.45) is 3.87. The highest BCUT2D eigenvalue weighted by atomic mass is 35.5. The molecular weight excluding hydrogens is 234 g/mol. The van der Waals surface area contributed by atoms with E-state index in [1.165, 1.54) is 5.56 Å². The number of halogens is 1. The van der Waals surface area contributed by atoms with Crippen LogP contribution in [-0.2, 0) is 6.42 Å². The Hall–Kier alpha value is -1.32. The number of benzene rings is 1. The van der Waals surface area contributed by atoms with E-state index in [1.807, 2.05) is 35.1 Å². The molecule has 0 saturated carbocycles. The monoisotopic (exact) mass is 249 g/mol. The largest absolute Gasteiger partial charge is 0.330 e. The number of nitrogens with zero attached hydrogens (tertiary/aromatic N) is 2. The summed E-state index contributed by atoms with van der Waals surface area (Å²) in [7, 11) is 0. The fourth-order valence-electron chi connectivity index (χ4n) is 1.85. The number of rotatable bonds is 4. The molecule has 2 aromatic rings. The van der Waals surface area contributed by atoms with E-state index in [2.05, 4.69) is 12.0 Å². The summed E-state index contributed by atoms with van der Waals surface area (Å²) >= 11 is 5.98. The Morgan fingerprint density at radius 1 is 1.41 bits per heavy atom. The second-order valence-corrected chi connectivity index (χ2v) is 4.48. The second-order valence-electron chi connectivity index (χ2n) is 4.04. The van der Waals surface area contributed by atoms with Crippen LogP contribution in [0.1, 0.15) is 17.7 Å². The average molecular weight is 250 g/mol. The van der Waals surface area contributed by atoms with Crippen molar-refractivity contribution in [3.05, 3.63) is 46.7 Å². The van der Waals surface area contributed by atoms with Crippen LogP contribution in [0.25, 0.3) is 5.69 Å². The molecule has 17 heavy (non-hydrogen) atoms. The van der Waals surface area contributed by atoms with Crippen LogP contribution in [0.2, 0.25) is 5.02 Å². The summed E-state index contributed by atoms with van der Waals surface area (Å²) in [6, 6.07) is 7.70. The third-order valence-corrected chi connectivity index (χ3v) is 3.05. The van der Waals surface area contributed by atoms with Gasteiger partial charge >= 0.3 is 0 Å². The van der Waals surface area contributed by atoms with Crippen molar-refractivity contribution in [1.82, 2.24) is 9.78 Å². The van der Waals surface area contributed by atoms with Gasteiger partial charge in [-0.05, 0) is 50.1 Å². The number of nitrogens with two attached hydrogens (primary N) is 1. The van der Waals surface area contributed by atoms with Crippen molar-refractivity contribution in [2.24, 2.45) is 5.73 Å². The molecule has 0 bridgehead atoms. The SMILES string of the molecule is Cc1c(CCCN)cnn1-c1cccc(Cl)c1. The van der Waals surface area contributed by atoms with Gasteiger partial charge in [0, 0.05) is 10.7 Å². The minimum Gasteiger partial charge on any atom is -0.330 e. The topological polar surface area (TPSA) is 43.8 Å². The minimum absolute atomic E-state index is 0.710. The normalized spacial score (nSPS) is 10.8. The van der Waals surface area contributed by atoms with Crippen LogP contribution in [0.3, 0.4) is 0 Å². The lowest BCUT2D eigenvalue weighted by atomic mass is 10.1. The highest BCUT2D eigenvalue weighted by Crippen LogP contribution is 2.18. The van der Waals surface area contributed by atoms with Gasteiger partial charge in [0.1, 0.15) is 0 Å². The summed E-state index contributed by atoms with van der Waals surface area (Å²) in [5.41, 5.74) is 8.91. The quantitative estimate of drug-likeness (QED) is 0.906. The van der Waals surface area contributed by atoms with Gasteiger partial charge in [-0.25, -0.2) is 4.68 Å². The molecule has 1 aromatic heterocycles. The first kappa shape index (κ1) is 12.1. The highest BCUT2D eigenvalue weighted by molar-refractivity contribution is 6.30. The van der Waals surface area contributed by atoms with Gasteiger partial charge in [0.05, 0.1) is 11.9 Å². The van der Waals surface area contributed by atoms with Gasteiger partial charge in [0.15, 0.2) is 0 Å². The van der Waals surface area contributed by atoms with E-state index in [9.17, 15) is 0 Å². The fourth-order valence-corrected chi connectivity index (χ4v) is 2.03. The van der Waals surface area contributed by atoms with E-state index in [4.69, 9.17) is 17.3 Å². The summed E-state index contributed by atoms with van der Waals surface area (Å²) in [5, 5.41) is 5.12. The molecule has 0 spiro atoms. The zero-order chi connectivity index (χ0) is 12.3. The van der Waals surface area contributed by atoms with E-state index in [1.54, 1.807) is 0 Å². The van der Waals surface area contributed by atoms with Crippen LogP contribution in [0.5, 0.6) is 0 Å². The molecule has 0 aliphatic rings. The Balaban J connectivity index is 2.30. The summed E-state index contributed by atoms with van der Waals surface area (Å²) in [5.74, 6) is 0. The van der Waals surface area contributed by atoms with Gasteiger partial charge in [-0.2, -0.15) is 5.10 Å². The molecule has 0 radical (unpaired) electrons. The van der Waals surface area contributed by atoms with Crippen LogP contribution in [0.15, 0.2) is 30.5 Å². The van der Waals surface area contributed by atoms with Crippen LogP contribution >= 0.6 is 11.6 Å². The molecule has 0 unspecified atom stereocenters. The van der Waals surface area contributed by atoms with Gasteiger partial charge in [0.2, 0.25) is 0 Å². The first-order chi connectivity index (χ1) is 8.22. The molecule has 0 atom stereocenters. The zero-order valence-electron chi connectivity index (χ0n) is 9.86. The van der Waals surface area contributed by atoms with E-state index >= 15 is 0 Å². The van der Waals surface area contributed by atoms with Crippen LogP contribution in [-0.4, -0.2) is 16.3 Å². The van der Waals surface area contributed by atoms with Crippen molar-refractivity contribution in [2.45, 2.75) is 19.8 Å². The maximum absolute atomic E-state index is 5.98. The molecule has 0 fully saturated rings. The third kappa shape index (κ3) is 2.68. The average Bonchev–Trinajstić information content (AvgIpc) is 2.68. The van der Waals surface area contributed by atoms with E-state index in [0.717, 1.165) is 29.2 Å². The molecule has 1 heterocycles. The maximum Gasteiger partial charge on any atom is 0.0663 e. The lowest BCUT2D eigenvalue weighted by molar-refractivity contribution is 0.815. The van der Waals surface area contributed by atoms with E-state index < -0.39 is 0 Å². The van der Waals surface area contributed by atoms with Gasteiger partial charge < -0.3 is 5.73 Å². The standard InChI is InChI=1S/C13H16ClN3/c1-10-11(4-3-7-15)9-16-17(10)13-6-2-5-12(14)8-13/h2,5-6,8-9H,3-4,7,15H2,1H3. The number of hydrogen-bond donors (Lipinski definition) is 1. The van der Waals surface area contributed by atoms with Gasteiger partial charge in [-0.3, -0.25) is 0 Å². The van der Waals surface area contributed by atoms with Crippen molar-refractivity contribution < 1.29 is 0 Å². The Labute approximate surface area is 106 Å². The predicted octanol–water partition coefficient (Wildman–Crippen LogP) is 2.73. The first-order valence-corrected chi connectivity index (χ1v) is 6.09. The highest BCUT2D eigenvalue weighted by Gasteiger charge is 2.07. The van der Waals surface area contributed by atoms with Gasteiger partial charge in [-0.15, -0.1) is 0 Å². The zero-order valence-corrected chi connectivity index (χ0v) is 10.6. The second kappa shape index (κ2) is 5.34. The van der Waals surface area contributed by atoms with Gasteiger partial charge in [-0.1, -0.05) is 17.7 Å². The summed E-state index contributed by atoms with van der Waals surface area (Å²) in [4.78, 5) is 0. The Kier molecular flexibility index (Phi) is 3.82. The molecule has 2 N–H and O–H groups in total. The smallest absolute Gasteiger partial charge is 0.0663 e. The molecule has 0 amide bonds. The van der Waals surface area contributed by atoms with Crippen LogP contribution in [0, 0.1) is 6.92 Å². The number of hydrogen-bond acceptors (Lipinski definition) is 2. The molecule has 3 nitrogen and oxygen atoms in total. The first-order valence-electron chi connectivity index (χ1n) is 5.72. The number of aryl methyl sites for hydroxylation is 1. The third-order valence-electron chi connectivity index (χ3n) is 2.81. The molecule has 2 rings (SSSR count). The van der Waals surface area contributed by atoms with Crippen molar-refractivity contribution in [1.29, 1.82) is 0 Å². The maximum atomic E-state index is 5.98. The minimum atomic E-state index is 0.710.